The fraction of sp³-hybridized carbons (Fsp3) is 0.167. The largest absolute Gasteiger partial charge is 0.272 e. The van der Waals surface area contributed by atoms with Crippen LogP contribution in [-0.4, -0.2) is 37.9 Å². The van der Waals surface area contributed by atoms with Crippen LogP contribution in [0, 0.1) is 6.92 Å². The van der Waals surface area contributed by atoms with Crippen LogP contribution in [0.5, 0.6) is 0 Å². The van der Waals surface area contributed by atoms with Gasteiger partial charge in [-0.25, -0.2) is 13.8 Å². The van der Waals surface area contributed by atoms with Crippen molar-refractivity contribution in [1.82, 2.24) is 9.73 Å². The molecule has 1 amide bonds. The fourth-order valence-electron chi connectivity index (χ4n) is 3.03. The summed E-state index contributed by atoms with van der Waals surface area (Å²) < 4.78 is 27.7. The molecule has 0 aliphatic heterocycles. The molecule has 0 bridgehead atoms. The highest BCUT2D eigenvalue weighted by Gasteiger charge is 2.26. The topological polar surface area (TPSA) is 78.8 Å². The number of rotatable bonds is 9. The first kappa shape index (κ1) is 24.9. The number of nitrogens with zero attached hydrogens (tertiary/aromatic N) is 2. The van der Waals surface area contributed by atoms with E-state index in [1.165, 1.54) is 18.3 Å². The predicted molar refractivity (Wildman–Crippen MR) is 132 cm³/mol. The molecular formula is C24H23Cl2N3O3S. The van der Waals surface area contributed by atoms with Gasteiger partial charge in [0.15, 0.2) is 0 Å². The molecule has 0 unspecified atom stereocenters. The second kappa shape index (κ2) is 11.4. The zero-order valence-corrected chi connectivity index (χ0v) is 20.2. The predicted octanol–water partition coefficient (Wildman–Crippen LogP) is 4.69. The summed E-state index contributed by atoms with van der Waals surface area (Å²) in [5.74, 6) is -0.576. The molecule has 9 heteroatoms. The number of hydrazone groups is 1. The van der Waals surface area contributed by atoms with Gasteiger partial charge in [-0.05, 0) is 37.1 Å². The third-order valence-electron chi connectivity index (χ3n) is 4.85. The summed E-state index contributed by atoms with van der Waals surface area (Å²) in [4.78, 5) is 12.7. The van der Waals surface area contributed by atoms with Crippen molar-refractivity contribution in [3.8, 4) is 0 Å². The van der Waals surface area contributed by atoms with Gasteiger partial charge in [0.1, 0.15) is 0 Å². The standard InChI is InChI=1S/C24H23Cl2N3O3S/c1-18-10-12-21(13-11-18)33(31,32)29(15-14-19-6-3-2-4-7-19)17-23(30)28-27-16-20-8-5-9-22(25)24(20)26/h2-13,16H,14-15,17H2,1H3,(H,28,30)/b27-16-. The van der Waals surface area contributed by atoms with E-state index in [1.54, 1.807) is 30.3 Å². The number of carbonyl (C=O) groups is 1. The molecule has 0 atom stereocenters. The lowest BCUT2D eigenvalue weighted by atomic mass is 10.1. The van der Waals surface area contributed by atoms with Crippen LogP contribution in [0.1, 0.15) is 16.7 Å². The highest BCUT2D eigenvalue weighted by Crippen LogP contribution is 2.24. The van der Waals surface area contributed by atoms with Crippen LogP contribution in [0.4, 0.5) is 0 Å². The second-order valence-corrected chi connectivity index (χ2v) is 10.0. The van der Waals surface area contributed by atoms with Crippen molar-refractivity contribution in [2.75, 3.05) is 13.1 Å². The van der Waals surface area contributed by atoms with Crippen molar-refractivity contribution in [1.29, 1.82) is 0 Å². The molecule has 1 N–H and O–H groups in total. The van der Waals surface area contributed by atoms with Crippen LogP contribution in [0.3, 0.4) is 0 Å². The number of carbonyl (C=O) groups excluding carboxylic acids is 1. The fourth-order valence-corrected chi connectivity index (χ4v) is 4.79. The molecule has 3 rings (SSSR count). The first-order chi connectivity index (χ1) is 15.8. The summed E-state index contributed by atoms with van der Waals surface area (Å²) >= 11 is 12.1. The van der Waals surface area contributed by atoms with Gasteiger partial charge >= 0.3 is 0 Å². The van der Waals surface area contributed by atoms with Gasteiger partial charge in [-0.2, -0.15) is 9.41 Å². The van der Waals surface area contributed by atoms with E-state index in [0.717, 1.165) is 15.4 Å². The molecule has 0 radical (unpaired) electrons. The number of benzene rings is 3. The van der Waals surface area contributed by atoms with Crippen LogP contribution in [0.2, 0.25) is 10.0 Å². The van der Waals surface area contributed by atoms with E-state index in [-0.39, 0.29) is 18.0 Å². The average Bonchev–Trinajstić information content (AvgIpc) is 2.80. The zero-order valence-electron chi connectivity index (χ0n) is 17.9. The third kappa shape index (κ3) is 6.88. The lowest BCUT2D eigenvalue weighted by Gasteiger charge is -2.21. The minimum Gasteiger partial charge on any atom is -0.272 e. The summed E-state index contributed by atoms with van der Waals surface area (Å²) in [5, 5.41) is 4.57. The molecule has 3 aromatic carbocycles. The Hall–Kier alpha value is -2.71. The van der Waals surface area contributed by atoms with Crippen LogP contribution in [-0.2, 0) is 21.2 Å². The van der Waals surface area contributed by atoms with Crippen molar-refractivity contribution in [3.05, 3.63) is 99.5 Å². The van der Waals surface area contributed by atoms with Gasteiger partial charge in [0.2, 0.25) is 10.0 Å². The summed E-state index contributed by atoms with van der Waals surface area (Å²) in [7, 11) is -3.89. The molecule has 0 saturated heterocycles. The van der Waals surface area contributed by atoms with Crippen LogP contribution >= 0.6 is 23.2 Å². The third-order valence-corrected chi connectivity index (χ3v) is 7.54. The van der Waals surface area contributed by atoms with Crippen molar-refractivity contribution < 1.29 is 13.2 Å². The van der Waals surface area contributed by atoms with E-state index in [4.69, 9.17) is 23.2 Å². The van der Waals surface area contributed by atoms with E-state index in [0.29, 0.717) is 22.0 Å². The maximum Gasteiger partial charge on any atom is 0.255 e. The molecule has 3 aromatic rings. The minimum atomic E-state index is -3.89. The van der Waals surface area contributed by atoms with Gasteiger partial charge in [-0.15, -0.1) is 0 Å². The maximum absolute atomic E-state index is 13.3. The van der Waals surface area contributed by atoms with Crippen LogP contribution in [0.15, 0.2) is 82.8 Å². The summed E-state index contributed by atoms with van der Waals surface area (Å²) in [6, 6.07) is 21.0. The maximum atomic E-state index is 13.3. The van der Waals surface area contributed by atoms with Crippen LogP contribution in [0.25, 0.3) is 0 Å². The average molecular weight is 504 g/mol. The van der Waals surface area contributed by atoms with Crippen molar-refractivity contribution >= 4 is 45.3 Å². The Morgan fingerprint density at radius 2 is 1.70 bits per heavy atom. The number of hydrogen-bond acceptors (Lipinski definition) is 4. The first-order valence-corrected chi connectivity index (χ1v) is 12.3. The van der Waals surface area contributed by atoms with Crippen molar-refractivity contribution in [2.24, 2.45) is 5.10 Å². The highest BCUT2D eigenvalue weighted by atomic mass is 35.5. The summed E-state index contributed by atoms with van der Waals surface area (Å²) in [6.07, 6.45) is 1.81. The molecule has 0 aliphatic rings. The van der Waals surface area contributed by atoms with Crippen LogP contribution < -0.4 is 5.43 Å². The highest BCUT2D eigenvalue weighted by molar-refractivity contribution is 7.89. The Morgan fingerprint density at radius 3 is 2.39 bits per heavy atom. The lowest BCUT2D eigenvalue weighted by Crippen LogP contribution is -2.40. The summed E-state index contributed by atoms with van der Waals surface area (Å²) in [6.45, 7) is 1.63. The van der Waals surface area contributed by atoms with Gasteiger partial charge in [0.05, 0.1) is 27.7 Å². The van der Waals surface area contributed by atoms with Crippen molar-refractivity contribution in [3.63, 3.8) is 0 Å². The molecule has 0 fully saturated rings. The van der Waals surface area contributed by atoms with Gasteiger partial charge in [0.25, 0.3) is 5.91 Å². The Kier molecular flexibility index (Phi) is 8.63. The van der Waals surface area contributed by atoms with Crippen molar-refractivity contribution in [2.45, 2.75) is 18.2 Å². The molecule has 33 heavy (non-hydrogen) atoms. The van der Waals surface area contributed by atoms with Gasteiger partial charge in [-0.1, -0.05) is 83.4 Å². The Bertz CT molecular complexity index is 1230. The quantitative estimate of drug-likeness (QED) is 0.339. The van der Waals surface area contributed by atoms with E-state index in [2.05, 4.69) is 10.5 Å². The van der Waals surface area contributed by atoms with Gasteiger partial charge < -0.3 is 0 Å². The molecule has 0 aromatic heterocycles. The smallest absolute Gasteiger partial charge is 0.255 e. The van der Waals surface area contributed by atoms with E-state index in [1.807, 2.05) is 37.3 Å². The van der Waals surface area contributed by atoms with E-state index >= 15 is 0 Å². The zero-order chi connectivity index (χ0) is 23.8. The molecule has 0 saturated carbocycles. The molecule has 0 heterocycles. The summed E-state index contributed by atoms with van der Waals surface area (Å²) in [5.41, 5.74) is 4.80. The molecule has 0 spiro atoms. The Labute approximate surface area is 203 Å². The Morgan fingerprint density at radius 1 is 1.00 bits per heavy atom. The first-order valence-electron chi connectivity index (χ1n) is 10.1. The Balaban J connectivity index is 1.75. The SMILES string of the molecule is Cc1ccc(S(=O)(=O)N(CCc2ccccc2)CC(=O)N/N=C\c2cccc(Cl)c2Cl)cc1. The number of aryl methyl sites for hydroxylation is 1. The monoisotopic (exact) mass is 503 g/mol. The molecular weight excluding hydrogens is 481 g/mol. The minimum absolute atomic E-state index is 0.128. The number of sulfonamides is 1. The van der Waals surface area contributed by atoms with E-state index in [9.17, 15) is 13.2 Å². The second-order valence-electron chi connectivity index (χ2n) is 7.32. The molecule has 0 aliphatic carbocycles. The number of hydrogen-bond donors (Lipinski definition) is 1. The normalized spacial score (nSPS) is 11.8. The van der Waals surface area contributed by atoms with E-state index < -0.39 is 15.9 Å². The lowest BCUT2D eigenvalue weighted by molar-refractivity contribution is -0.121. The number of halogens is 2. The molecule has 6 nitrogen and oxygen atoms in total. The van der Waals surface area contributed by atoms with Gasteiger partial charge in [-0.3, -0.25) is 4.79 Å². The van der Waals surface area contributed by atoms with Gasteiger partial charge in [0, 0.05) is 12.1 Å². The number of amides is 1. The number of nitrogens with one attached hydrogen (secondary N) is 1. The molecule has 172 valence electrons.